The quantitative estimate of drug-likeness (QED) is 0.870. The third-order valence-corrected chi connectivity index (χ3v) is 2.84. The van der Waals surface area contributed by atoms with E-state index >= 15 is 0 Å². The summed E-state index contributed by atoms with van der Waals surface area (Å²) in [5.74, 6) is -0.173. The summed E-state index contributed by atoms with van der Waals surface area (Å²) in [6.45, 7) is 3.47. The first-order chi connectivity index (χ1) is 7.67. The molecular weight excluding hydrogens is 273 g/mol. The van der Waals surface area contributed by atoms with Crippen molar-refractivity contribution in [3.63, 3.8) is 0 Å². The van der Waals surface area contributed by atoms with Crippen molar-refractivity contribution in [2.24, 2.45) is 0 Å². The van der Waals surface area contributed by atoms with Crippen molar-refractivity contribution in [3.05, 3.63) is 34.1 Å². The third kappa shape index (κ3) is 4.20. The second-order valence-corrected chi connectivity index (χ2v) is 4.57. The van der Waals surface area contributed by atoms with Crippen LogP contribution in [0.4, 0.5) is 4.39 Å². The van der Waals surface area contributed by atoms with Gasteiger partial charge in [-0.25, -0.2) is 4.39 Å². The second-order valence-electron chi connectivity index (χ2n) is 3.65. The van der Waals surface area contributed by atoms with Gasteiger partial charge in [0.1, 0.15) is 5.82 Å². The van der Waals surface area contributed by atoms with Crippen LogP contribution >= 0.6 is 15.9 Å². The molecule has 0 spiro atoms. The number of likely N-dealkylation sites (N-methyl/N-ethyl adjacent to an activating group) is 1. The van der Waals surface area contributed by atoms with Gasteiger partial charge in [0, 0.05) is 17.6 Å². The normalized spacial score (nSPS) is 12.8. The lowest BCUT2D eigenvalue weighted by Gasteiger charge is -2.17. The van der Waals surface area contributed by atoms with Crippen molar-refractivity contribution in [2.75, 3.05) is 20.3 Å². The lowest BCUT2D eigenvalue weighted by Crippen LogP contribution is -2.35. The van der Waals surface area contributed by atoms with Crippen molar-refractivity contribution in [1.82, 2.24) is 5.32 Å². The minimum atomic E-state index is -0.173. The van der Waals surface area contributed by atoms with Gasteiger partial charge in [0.05, 0.1) is 6.61 Å². The van der Waals surface area contributed by atoms with Crippen LogP contribution in [0.1, 0.15) is 12.5 Å². The molecule has 1 N–H and O–H groups in total. The Bertz CT molecular complexity index is 327. The molecule has 0 aliphatic carbocycles. The maximum absolute atomic E-state index is 13.6. The Morgan fingerprint density at radius 1 is 1.50 bits per heavy atom. The summed E-state index contributed by atoms with van der Waals surface area (Å²) < 4.78 is 19.5. The van der Waals surface area contributed by atoms with Gasteiger partial charge < -0.3 is 10.1 Å². The van der Waals surface area contributed by atoms with Gasteiger partial charge in [0.25, 0.3) is 0 Å². The summed E-state index contributed by atoms with van der Waals surface area (Å²) in [6.07, 6.45) is 0.640. The zero-order valence-corrected chi connectivity index (χ0v) is 11.2. The van der Waals surface area contributed by atoms with Crippen LogP contribution < -0.4 is 5.32 Å². The summed E-state index contributed by atoms with van der Waals surface area (Å²) in [7, 11) is 1.66. The fraction of sp³-hybridized carbons (Fsp3) is 0.500. The zero-order chi connectivity index (χ0) is 12.0. The van der Waals surface area contributed by atoms with E-state index in [0.29, 0.717) is 18.6 Å². The van der Waals surface area contributed by atoms with Crippen molar-refractivity contribution >= 4 is 15.9 Å². The summed E-state index contributed by atoms with van der Waals surface area (Å²) in [4.78, 5) is 0. The minimum absolute atomic E-state index is 0.158. The average Bonchev–Trinajstić information content (AvgIpc) is 2.23. The van der Waals surface area contributed by atoms with Crippen molar-refractivity contribution < 1.29 is 9.13 Å². The van der Waals surface area contributed by atoms with Crippen LogP contribution in [-0.4, -0.2) is 26.3 Å². The number of ether oxygens (including phenoxy) is 1. The van der Waals surface area contributed by atoms with Crippen LogP contribution in [0, 0.1) is 5.82 Å². The van der Waals surface area contributed by atoms with Crippen LogP contribution in [0.25, 0.3) is 0 Å². The molecule has 0 amide bonds. The number of nitrogens with one attached hydrogen (secondary N) is 1. The van der Waals surface area contributed by atoms with Gasteiger partial charge >= 0.3 is 0 Å². The maximum atomic E-state index is 13.6. The second kappa shape index (κ2) is 6.99. The van der Waals surface area contributed by atoms with Crippen LogP contribution in [-0.2, 0) is 11.2 Å². The Kier molecular flexibility index (Phi) is 5.95. The first-order valence-electron chi connectivity index (χ1n) is 5.33. The number of halogens is 2. The predicted molar refractivity (Wildman–Crippen MR) is 67.1 cm³/mol. The summed E-state index contributed by atoms with van der Waals surface area (Å²) in [6, 6.07) is 5.31. The van der Waals surface area contributed by atoms with Gasteiger partial charge in [0.2, 0.25) is 0 Å². The number of hydrogen-bond donors (Lipinski definition) is 1. The fourth-order valence-electron chi connectivity index (χ4n) is 1.63. The highest BCUT2D eigenvalue weighted by molar-refractivity contribution is 9.10. The standard InChI is InChI=1S/C12H17BrFNO/c1-3-15-11(8-16-2)6-9-4-5-10(13)7-12(9)14/h4-5,7,11,15H,3,6,8H2,1-2H3. The van der Waals surface area contributed by atoms with Gasteiger partial charge in [-0.2, -0.15) is 0 Å². The highest BCUT2D eigenvalue weighted by atomic mass is 79.9. The molecule has 1 unspecified atom stereocenters. The Labute approximate surface area is 104 Å². The minimum Gasteiger partial charge on any atom is -0.383 e. The molecule has 1 rings (SSSR count). The van der Waals surface area contributed by atoms with Crippen molar-refractivity contribution in [2.45, 2.75) is 19.4 Å². The Balaban J connectivity index is 2.68. The number of rotatable bonds is 6. The molecule has 1 atom stereocenters. The van der Waals surface area contributed by atoms with E-state index < -0.39 is 0 Å². The van der Waals surface area contributed by atoms with Crippen LogP contribution in [0.3, 0.4) is 0 Å². The van der Waals surface area contributed by atoms with Gasteiger partial charge in [-0.15, -0.1) is 0 Å². The number of hydrogen-bond acceptors (Lipinski definition) is 2. The van der Waals surface area contributed by atoms with Crippen molar-refractivity contribution in [3.8, 4) is 0 Å². The molecule has 2 nitrogen and oxygen atoms in total. The molecule has 0 radical (unpaired) electrons. The van der Waals surface area contributed by atoms with Crippen LogP contribution in [0.5, 0.6) is 0 Å². The molecule has 16 heavy (non-hydrogen) atoms. The SMILES string of the molecule is CCNC(COC)Cc1ccc(Br)cc1F. The summed E-state index contributed by atoms with van der Waals surface area (Å²) in [5, 5.41) is 3.27. The smallest absolute Gasteiger partial charge is 0.127 e. The van der Waals surface area contributed by atoms with E-state index in [1.54, 1.807) is 13.2 Å². The molecule has 90 valence electrons. The van der Waals surface area contributed by atoms with Crippen LogP contribution in [0.2, 0.25) is 0 Å². The summed E-state index contributed by atoms with van der Waals surface area (Å²) in [5.41, 5.74) is 0.714. The molecule has 0 aromatic heterocycles. The molecule has 0 aliphatic heterocycles. The lowest BCUT2D eigenvalue weighted by molar-refractivity contribution is 0.166. The largest absolute Gasteiger partial charge is 0.383 e. The molecule has 0 bridgehead atoms. The lowest BCUT2D eigenvalue weighted by atomic mass is 10.1. The maximum Gasteiger partial charge on any atom is 0.127 e. The molecule has 0 aliphatic rings. The van der Waals surface area contributed by atoms with Crippen molar-refractivity contribution in [1.29, 1.82) is 0 Å². The average molecular weight is 290 g/mol. The number of benzene rings is 1. The monoisotopic (exact) mass is 289 g/mol. The zero-order valence-electron chi connectivity index (χ0n) is 9.59. The van der Waals surface area contributed by atoms with Crippen LogP contribution in [0.15, 0.2) is 22.7 Å². The Morgan fingerprint density at radius 2 is 2.25 bits per heavy atom. The van der Waals surface area contributed by atoms with E-state index in [2.05, 4.69) is 21.2 Å². The molecular formula is C12H17BrFNO. The highest BCUT2D eigenvalue weighted by Crippen LogP contribution is 2.16. The van der Waals surface area contributed by atoms with Gasteiger partial charge in [-0.3, -0.25) is 0 Å². The highest BCUT2D eigenvalue weighted by Gasteiger charge is 2.11. The molecule has 4 heteroatoms. The van der Waals surface area contributed by atoms with E-state index in [4.69, 9.17) is 4.74 Å². The summed E-state index contributed by atoms with van der Waals surface area (Å²) >= 11 is 3.24. The molecule has 0 saturated heterocycles. The molecule has 0 saturated carbocycles. The first-order valence-corrected chi connectivity index (χ1v) is 6.13. The topological polar surface area (TPSA) is 21.3 Å². The van der Waals surface area contributed by atoms with E-state index in [9.17, 15) is 4.39 Å². The predicted octanol–water partition coefficient (Wildman–Crippen LogP) is 2.76. The number of methoxy groups -OCH3 is 1. The molecule has 0 heterocycles. The molecule has 1 aromatic rings. The van der Waals surface area contributed by atoms with Gasteiger partial charge in [0.15, 0.2) is 0 Å². The first kappa shape index (κ1) is 13.6. The van der Waals surface area contributed by atoms with E-state index in [1.807, 2.05) is 13.0 Å². The third-order valence-electron chi connectivity index (χ3n) is 2.34. The Hall–Kier alpha value is -0.450. The van der Waals surface area contributed by atoms with Gasteiger partial charge in [-0.1, -0.05) is 28.9 Å². The molecule has 1 aromatic carbocycles. The van der Waals surface area contributed by atoms with E-state index in [-0.39, 0.29) is 11.9 Å². The van der Waals surface area contributed by atoms with E-state index in [1.165, 1.54) is 6.07 Å². The molecule has 0 fully saturated rings. The van der Waals surface area contributed by atoms with Gasteiger partial charge in [-0.05, 0) is 30.7 Å². The Morgan fingerprint density at radius 3 is 2.81 bits per heavy atom. The fourth-order valence-corrected chi connectivity index (χ4v) is 1.97. The van der Waals surface area contributed by atoms with E-state index in [0.717, 1.165) is 11.0 Å².